The van der Waals surface area contributed by atoms with Crippen molar-refractivity contribution >= 4 is 28.7 Å². The Morgan fingerprint density at radius 2 is 1.95 bits per heavy atom. The van der Waals surface area contributed by atoms with E-state index < -0.39 is 0 Å². The molecule has 1 aromatic carbocycles. The number of thiophene rings is 1. The van der Waals surface area contributed by atoms with Crippen LogP contribution in [-0.4, -0.2) is 29.7 Å². The van der Waals surface area contributed by atoms with Gasteiger partial charge in [0, 0.05) is 17.0 Å². The highest BCUT2D eigenvalue weighted by molar-refractivity contribution is 7.09. The number of nitrogens with zero attached hydrogens (tertiary/aromatic N) is 1. The van der Waals surface area contributed by atoms with Gasteiger partial charge in [0.1, 0.15) is 0 Å². The molecule has 0 saturated heterocycles. The predicted molar refractivity (Wildman–Crippen MR) is 90.3 cm³/mol. The molecule has 0 radical (unpaired) electrons. The van der Waals surface area contributed by atoms with Gasteiger partial charge in [0.25, 0.3) is 0 Å². The summed E-state index contributed by atoms with van der Waals surface area (Å²) in [4.78, 5) is 27.1. The van der Waals surface area contributed by atoms with Crippen LogP contribution in [-0.2, 0) is 11.3 Å². The Balaban J connectivity index is 1.98. The number of Topliss-reactive ketones (excluding diaryl/α,β-unsaturated/α-hetero) is 1. The van der Waals surface area contributed by atoms with Crippen LogP contribution in [0.5, 0.6) is 0 Å². The molecular weight excluding hydrogens is 296 g/mol. The van der Waals surface area contributed by atoms with Crippen molar-refractivity contribution in [2.24, 2.45) is 0 Å². The average molecular weight is 316 g/mol. The van der Waals surface area contributed by atoms with Crippen molar-refractivity contribution in [3.05, 3.63) is 52.2 Å². The lowest BCUT2D eigenvalue weighted by molar-refractivity contribution is -0.117. The second-order valence-corrected chi connectivity index (χ2v) is 6.06. The number of hydrogen-bond acceptors (Lipinski definition) is 4. The highest BCUT2D eigenvalue weighted by Crippen LogP contribution is 2.16. The van der Waals surface area contributed by atoms with Crippen molar-refractivity contribution < 1.29 is 9.59 Å². The van der Waals surface area contributed by atoms with Crippen LogP contribution in [0.15, 0.2) is 41.8 Å². The molecule has 22 heavy (non-hydrogen) atoms. The Morgan fingerprint density at radius 3 is 2.59 bits per heavy atom. The third-order valence-electron chi connectivity index (χ3n) is 3.35. The molecular formula is C17H20N2O2S. The number of rotatable bonds is 7. The molecule has 4 nitrogen and oxygen atoms in total. The number of likely N-dealkylation sites (N-methyl/N-ethyl adjacent to an activating group) is 1. The second kappa shape index (κ2) is 7.87. The van der Waals surface area contributed by atoms with Gasteiger partial charge in [-0.3, -0.25) is 14.5 Å². The summed E-state index contributed by atoms with van der Waals surface area (Å²) in [6, 6.07) is 11.2. The molecule has 0 unspecified atom stereocenters. The van der Waals surface area contributed by atoms with Crippen molar-refractivity contribution in [1.29, 1.82) is 0 Å². The quantitative estimate of drug-likeness (QED) is 0.796. The highest BCUT2D eigenvalue weighted by Gasteiger charge is 2.13. The van der Waals surface area contributed by atoms with E-state index in [1.54, 1.807) is 29.5 Å². The first-order chi connectivity index (χ1) is 10.6. The Morgan fingerprint density at radius 1 is 1.18 bits per heavy atom. The van der Waals surface area contributed by atoms with E-state index in [2.05, 4.69) is 16.3 Å². The molecule has 0 atom stereocenters. The van der Waals surface area contributed by atoms with Gasteiger partial charge >= 0.3 is 0 Å². The minimum Gasteiger partial charge on any atom is -0.324 e. The highest BCUT2D eigenvalue weighted by atomic mass is 32.1. The number of hydrogen-bond donors (Lipinski definition) is 1. The molecule has 1 N–H and O–H groups in total. The van der Waals surface area contributed by atoms with E-state index in [9.17, 15) is 9.59 Å². The van der Waals surface area contributed by atoms with Gasteiger partial charge in [-0.1, -0.05) is 25.1 Å². The van der Waals surface area contributed by atoms with Gasteiger partial charge in [0.05, 0.1) is 12.2 Å². The van der Waals surface area contributed by atoms with Crippen LogP contribution >= 0.6 is 11.3 Å². The molecule has 1 heterocycles. The number of carbonyl (C=O) groups is 2. The Bertz CT molecular complexity index is 638. The standard InChI is InChI=1S/C17H20N2O2S/c1-3-19(11-14-7-6-10-22-14)12-17(21)18-16-9-5-4-8-15(16)13(2)20/h4-10H,3,11-12H2,1-2H3,(H,18,21). The number of carbonyl (C=O) groups excluding carboxylic acids is 2. The fraction of sp³-hybridized carbons (Fsp3) is 0.294. The predicted octanol–water partition coefficient (Wildman–Crippen LogP) is 3.41. The Hall–Kier alpha value is -1.98. The van der Waals surface area contributed by atoms with Gasteiger partial charge in [-0.2, -0.15) is 0 Å². The molecule has 2 rings (SSSR count). The molecule has 1 amide bonds. The minimum atomic E-state index is -0.105. The third-order valence-corrected chi connectivity index (χ3v) is 4.22. The van der Waals surface area contributed by atoms with Crippen LogP contribution in [0.2, 0.25) is 0 Å². The number of nitrogens with one attached hydrogen (secondary N) is 1. The second-order valence-electron chi connectivity index (χ2n) is 5.03. The first kappa shape index (κ1) is 16.4. The van der Waals surface area contributed by atoms with Crippen molar-refractivity contribution in [1.82, 2.24) is 4.90 Å². The molecule has 0 aliphatic rings. The van der Waals surface area contributed by atoms with Gasteiger partial charge in [0.2, 0.25) is 5.91 Å². The summed E-state index contributed by atoms with van der Waals surface area (Å²) in [5.41, 5.74) is 1.12. The maximum Gasteiger partial charge on any atom is 0.238 e. The minimum absolute atomic E-state index is 0.0539. The zero-order valence-corrected chi connectivity index (χ0v) is 13.7. The van der Waals surface area contributed by atoms with Gasteiger partial charge in [-0.15, -0.1) is 11.3 Å². The third kappa shape index (κ3) is 4.51. The largest absolute Gasteiger partial charge is 0.324 e. The van der Waals surface area contributed by atoms with Crippen LogP contribution < -0.4 is 5.32 Å². The van der Waals surface area contributed by atoms with Crippen LogP contribution in [0.1, 0.15) is 29.1 Å². The molecule has 0 bridgehead atoms. The van der Waals surface area contributed by atoms with Gasteiger partial charge in [0.15, 0.2) is 5.78 Å². The molecule has 0 spiro atoms. The zero-order valence-electron chi connectivity index (χ0n) is 12.8. The smallest absolute Gasteiger partial charge is 0.238 e. The molecule has 2 aromatic rings. The Kier molecular flexibility index (Phi) is 5.86. The average Bonchev–Trinajstić information content (AvgIpc) is 2.99. The van der Waals surface area contributed by atoms with E-state index in [4.69, 9.17) is 0 Å². The first-order valence-electron chi connectivity index (χ1n) is 7.24. The summed E-state index contributed by atoms with van der Waals surface area (Å²) >= 11 is 1.69. The maximum absolute atomic E-state index is 12.2. The van der Waals surface area contributed by atoms with E-state index in [0.29, 0.717) is 17.8 Å². The summed E-state index contributed by atoms with van der Waals surface area (Å²) in [7, 11) is 0. The lowest BCUT2D eigenvalue weighted by atomic mass is 10.1. The normalized spacial score (nSPS) is 10.7. The summed E-state index contributed by atoms with van der Waals surface area (Å²) in [5.74, 6) is -0.158. The van der Waals surface area contributed by atoms with Gasteiger partial charge in [-0.25, -0.2) is 0 Å². The van der Waals surface area contributed by atoms with E-state index in [0.717, 1.165) is 13.1 Å². The lowest BCUT2D eigenvalue weighted by Gasteiger charge is -2.19. The number of benzene rings is 1. The zero-order chi connectivity index (χ0) is 15.9. The molecule has 5 heteroatoms. The van der Waals surface area contributed by atoms with Crippen LogP contribution in [0.4, 0.5) is 5.69 Å². The van der Waals surface area contributed by atoms with E-state index >= 15 is 0 Å². The summed E-state index contributed by atoms with van der Waals surface area (Å²) in [6.07, 6.45) is 0. The molecule has 0 fully saturated rings. The SMILES string of the molecule is CCN(CC(=O)Nc1ccccc1C(C)=O)Cc1cccs1. The molecule has 0 saturated carbocycles. The van der Waals surface area contributed by atoms with Crippen molar-refractivity contribution in [2.75, 3.05) is 18.4 Å². The fourth-order valence-corrected chi connectivity index (χ4v) is 2.94. The first-order valence-corrected chi connectivity index (χ1v) is 8.12. The lowest BCUT2D eigenvalue weighted by Crippen LogP contribution is -2.32. The van der Waals surface area contributed by atoms with E-state index in [1.807, 2.05) is 24.4 Å². The van der Waals surface area contributed by atoms with Crippen LogP contribution in [0.25, 0.3) is 0 Å². The topological polar surface area (TPSA) is 49.4 Å². The van der Waals surface area contributed by atoms with Crippen molar-refractivity contribution in [3.8, 4) is 0 Å². The molecule has 116 valence electrons. The summed E-state index contributed by atoms with van der Waals surface area (Å²) in [5, 5.41) is 4.87. The number of ketones is 1. The number of para-hydroxylation sites is 1. The molecule has 1 aromatic heterocycles. The monoisotopic (exact) mass is 316 g/mol. The Labute approximate surface area is 134 Å². The van der Waals surface area contributed by atoms with Gasteiger partial charge < -0.3 is 5.32 Å². The summed E-state index contributed by atoms with van der Waals surface area (Å²) < 4.78 is 0. The van der Waals surface area contributed by atoms with E-state index in [-0.39, 0.29) is 11.7 Å². The van der Waals surface area contributed by atoms with Crippen LogP contribution in [0.3, 0.4) is 0 Å². The van der Waals surface area contributed by atoms with Crippen molar-refractivity contribution in [2.45, 2.75) is 20.4 Å². The molecule has 0 aliphatic heterocycles. The fourth-order valence-electron chi connectivity index (χ4n) is 2.19. The molecule has 0 aliphatic carbocycles. The number of anilines is 1. The van der Waals surface area contributed by atoms with Crippen molar-refractivity contribution in [3.63, 3.8) is 0 Å². The number of amides is 1. The summed E-state index contributed by atoms with van der Waals surface area (Å²) in [6.45, 7) is 5.39. The van der Waals surface area contributed by atoms with E-state index in [1.165, 1.54) is 11.8 Å². The van der Waals surface area contributed by atoms with Gasteiger partial charge in [-0.05, 0) is 37.0 Å². The van der Waals surface area contributed by atoms with Crippen LogP contribution in [0, 0.1) is 0 Å². The maximum atomic E-state index is 12.2.